The minimum absolute atomic E-state index is 0.0231. The Kier molecular flexibility index (Phi) is 6.78. The number of hydrogen-bond acceptors (Lipinski definition) is 5. The van der Waals surface area contributed by atoms with Gasteiger partial charge in [-0.3, -0.25) is 25.2 Å². The van der Waals surface area contributed by atoms with E-state index >= 15 is 0 Å². The number of ether oxygens (including phenoxy) is 1. The van der Waals surface area contributed by atoms with Crippen molar-refractivity contribution in [2.24, 2.45) is 0 Å². The molecule has 0 saturated heterocycles. The number of rotatable bonds is 6. The second kappa shape index (κ2) is 9.50. The molecule has 0 saturated carbocycles. The summed E-state index contributed by atoms with van der Waals surface area (Å²) in [6.45, 7) is 0. The average molecular weight is 460 g/mol. The van der Waals surface area contributed by atoms with E-state index in [1.165, 1.54) is 43.5 Å². The first-order chi connectivity index (χ1) is 14.8. The van der Waals surface area contributed by atoms with Gasteiger partial charge in [-0.05, 0) is 72.8 Å². The van der Waals surface area contributed by atoms with E-state index in [4.69, 9.17) is 16.3 Å². The van der Waals surface area contributed by atoms with Gasteiger partial charge in [0.2, 0.25) is 0 Å². The summed E-state index contributed by atoms with van der Waals surface area (Å²) in [6, 6.07) is 17.8. The fourth-order valence-electron chi connectivity index (χ4n) is 2.52. The van der Waals surface area contributed by atoms with Crippen molar-refractivity contribution in [3.8, 4) is 5.75 Å². The zero-order valence-electron chi connectivity index (χ0n) is 16.3. The van der Waals surface area contributed by atoms with Crippen LogP contribution >= 0.6 is 11.6 Å². The van der Waals surface area contributed by atoms with Crippen molar-refractivity contribution in [2.45, 2.75) is 4.90 Å². The first-order valence-corrected chi connectivity index (χ1v) is 10.8. The number of halogens is 1. The van der Waals surface area contributed by atoms with Crippen LogP contribution in [0.25, 0.3) is 0 Å². The molecule has 10 heteroatoms. The normalized spacial score (nSPS) is 10.8. The second-order valence-electron chi connectivity index (χ2n) is 6.27. The molecule has 31 heavy (non-hydrogen) atoms. The predicted octanol–water partition coefficient (Wildman–Crippen LogP) is 3.22. The lowest BCUT2D eigenvalue weighted by molar-refractivity contribution is 0.0846. The molecule has 0 aliphatic heterocycles. The molecule has 0 aromatic heterocycles. The SMILES string of the molecule is COc1ccc(NS(=O)(=O)c2ccc(C(=O)NNC(=O)c3ccc(Cl)cc3)cc2)cc1. The van der Waals surface area contributed by atoms with Crippen LogP contribution in [0.1, 0.15) is 20.7 Å². The van der Waals surface area contributed by atoms with Gasteiger partial charge >= 0.3 is 0 Å². The van der Waals surface area contributed by atoms with Crippen LogP contribution in [0.5, 0.6) is 5.75 Å². The molecule has 0 unspecified atom stereocenters. The number of methoxy groups -OCH3 is 1. The fraction of sp³-hybridized carbons (Fsp3) is 0.0476. The van der Waals surface area contributed by atoms with Crippen molar-refractivity contribution >= 4 is 39.1 Å². The Bertz CT molecular complexity index is 1180. The average Bonchev–Trinajstić information content (AvgIpc) is 2.78. The molecular formula is C21H18ClN3O5S. The summed E-state index contributed by atoms with van der Waals surface area (Å²) in [7, 11) is -2.33. The summed E-state index contributed by atoms with van der Waals surface area (Å²) >= 11 is 5.77. The van der Waals surface area contributed by atoms with Crippen molar-refractivity contribution in [3.05, 3.63) is 88.9 Å². The maximum absolute atomic E-state index is 12.5. The smallest absolute Gasteiger partial charge is 0.269 e. The fourth-order valence-corrected chi connectivity index (χ4v) is 3.70. The molecule has 8 nitrogen and oxygen atoms in total. The lowest BCUT2D eigenvalue weighted by Gasteiger charge is -2.10. The molecule has 0 atom stereocenters. The third-order valence-electron chi connectivity index (χ3n) is 4.17. The highest BCUT2D eigenvalue weighted by Crippen LogP contribution is 2.19. The molecule has 3 aromatic rings. The number of sulfonamides is 1. The van der Waals surface area contributed by atoms with E-state index < -0.39 is 21.8 Å². The highest BCUT2D eigenvalue weighted by molar-refractivity contribution is 7.92. The molecule has 2 amide bonds. The molecule has 0 bridgehead atoms. The third kappa shape index (κ3) is 5.74. The van der Waals surface area contributed by atoms with E-state index in [1.54, 1.807) is 36.4 Å². The molecule has 3 aromatic carbocycles. The Hall–Kier alpha value is -3.56. The van der Waals surface area contributed by atoms with Crippen LogP contribution in [-0.4, -0.2) is 27.3 Å². The number of nitrogens with one attached hydrogen (secondary N) is 3. The van der Waals surface area contributed by atoms with Crippen LogP contribution in [0.15, 0.2) is 77.7 Å². The van der Waals surface area contributed by atoms with E-state index in [-0.39, 0.29) is 10.5 Å². The molecular weight excluding hydrogens is 442 g/mol. The number of hydrazine groups is 1. The maximum atomic E-state index is 12.5. The van der Waals surface area contributed by atoms with Gasteiger partial charge in [-0.15, -0.1) is 0 Å². The minimum atomic E-state index is -3.84. The van der Waals surface area contributed by atoms with Gasteiger partial charge in [0.25, 0.3) is 21.8 Å². The number of hydrogen-bond donors (Lipinski definition) is 3. The largest absolute Gasteiger partial charge is 0.497 e. The molecule has 0 spiro atoms. The van der Waals surface area contributed by atoms with Crippen LogP contribution in [-0.2, 0) is 10.0 Å². The lowest BCUT2D eigenvalue weighted by Crippen LogP contribution is -2.41. The summed E-state index contributed by atoms with van der Waals surface area (Å²) in [5, 5.41) is 0.483. The quantitative estimate of drug-likeness (QED) is 0.490. The van der Waals surface area contributed by atoms with Crippen LogP contribution in [0.4, 0.5) is 5.69 Å². The van der Waals surface area contributed by atoms with Crippen LogP contribution in [0, 0.1) is 0 Å². The van der Waals surface area contributed by atoms with Crippen LogP contribution in [0.3, 0.4) is 0 Å². The van der Waals surface area contributed by atoms with Crippen LogP contribution in [0.2, 0.25) is 5.02 Å². The Morgan fingerprint density at radius 2 is 1.26 bits per heavy atom. The molecule has 3 N–H and O–H groups in total. The lowest BCUT2D eigenvalue weighted by atomic mass is 10.2. The van der Waals surface area contributed by atoms with Gasteiger partial charge in [-0.2, -0.15) is 0 Å². The maximum Gasteiger partial charge on any atom is 0.269 e. The summed E-state index contributed by atoms with van der Waals surface area (Å²) in [5.74, 6) is -0.524. The zero-order valence-corrected chi connectivity index (χ0v) is 17.8. The van der Waals surface area contributed by atoms with Gasteiger partial charge in [0.1, 0.15) is 5.75 Å². The molecule has 3 rings (SSSR count). The Labute approximate surface area is 184 Å². The minimum Gasteiger partial charge on any atom is -0.497 e. The first kappa shape index (κ1) is 22.1. The van der Waals surface area contributed by atoms with Crippen molar-refractivity contribution in [2.75, 3.05) is 11.8 Å². The zero-order chi connectivity index (χ0) is 22.4. The Balaban J connectivity index is 1.62. The first-order valence-electron chi connectivity index (χ1n) is 8.92. The topological polar surface area (TPSA) is 114 Å². The van der Waals surface area contributed by atoms with E-state index in [0.29, 0.717) is 22.0 Å². The van der Waals surface area contributed by atoms with E-state index in [9.17, 15) is 18.0 Å². The van der Waals surface area contributed by atoms with Crippen molar-refractivity contribution in [1.82, 2.24) is 10.9 Å². The Morgan fingerprint density at radius 1 is 0.774 bits per heavy atom. The number of anilines is 1. The summed E-state index contributed by atoms with van der Waals surface area (Å²) in [4.78, 5) is 24.2. The van der Waals surface area contributed by atoms with Gasteiger partial charge in [0.15, 0.2) is 0 Å². The molecule has 160 valence electrons. The number of carbonyl (C=O) groups is 2. The molecule has 0 heterocycles. The van der Waals surface area contributed by atoms with Gasteiger partial charge in [-0.1, -0.05) is 11.6 Å². The monoisotopic (exact) mass is 459 g/mol. The van der Waals surface area contributed by atoms with E-state index in [0.717, 1.165) is 0 Å². The molecule has 0 fully saturated rings. The van der Waals surface area contributed by atoms with Crippen molar-refractivity contribution < 1.29 is 22.7 Å². The summed E-state index contributed by atoms with van der Waals surface area (Å²) < 4.78 is 32.5. The van der Waals surface area contributed by atoms with Gasteiger partial charge in [0.05, 0.1) is 12.0 Å². The number of amides is 2. The molecule has 0 aliphatic carbocycles. The summed E-state index contributed by atoms with van der Waals surface area (Å²) in [6.07, 6.45) is 0. The highest BCUT2D eigenvalue weighted by atomic mass is 35.5. The van der Waals surface area contributed by atoms with Gasteiger partial charge in [0, 0.05) is 21.8 Å². The molecule has 0 aliphatic rings. The van der Waals surface area contributed by atoms with Gasteiger partial charge < -0.3 is 4.74 Å². The standard InChI is InChI=1S/C21H18ClN3O5S/c1-30-18-10-8-17(9-11-18)25-31(28,29)19-12-4-15(5-13-19)21(27)24-23-20(26)14-2-6-16(22)7-3-14/h2-13,25H,1H3,(H,23,26)(H,24,27). The molecule has 0 radical (unpaired) electrons. The Morgan fingerprint density at radius 3 is 1.74 bits per heavy atom. The number of benzene rings is 3. The van der Waals surface area contributed by atoms with Crippen molar-refractivity contribution in [1.29, 1.82) is 0 Å². The highest BCUT2D eigenvalue weighted by Gasteiger charge is 2.16. The third-order valence-corrected chi connectivity index (χ3v) is 5.81. The number of carbonyl (C=O) groups excluding carboxylic acids is 2. The van der Waals surface area contributed by atoms with E-state index in [1.807, 2.05) is 0 Å². The van der Waals surface area contributed by atoms with Gasteiger partial charge in [-0.25, -0.2) is 8.42 Å². The van der Waals surface area contributed by atoms with Crippen LogP contribution < -0.4 is 20.3 Å². The summed E-state index contributed by atoms with van der Waals surface area (Å²) in [5.41, 5.74) is 5.40. The van der Waals surface area contributed by atoms with E-state index in [2.05, 4.69) is 15.6 Å². The predicted molar refractivity (Wildman–Crippen MR) is 117 cm³/mol. The second-order valence-corrected chi connectivity index (χ2v) is 8.39. The van der Waals surface area contributed by atoms with Crippen molar-refractivity contribution in [3.63, 3.8) is 0 Å².